The molecule has 3 heterocycles. The topological polar surface area (TPSA) is 104 Å². The Morgan fingerprint density at radius 2 is 2.17 bits per heavy atom. The normalized spacial score (nSPS) is 17.2. The molecule has 0 saturated heterocycles. The Morgan fingerprint density at radius 1 is 1.38 bits per heavy atom. The third-order valence-corrected chi connectivity index (χ3v) is 5.42. The Kier molecular flexibility index (Phi) is 4.90. The van der Waals surface area contributed by atoms with E-state index in [1.54, 1.807) is 24.2 Å². The summed E-state index contributed by atoms with van der Waals surface area (Å²) in [5.41, 5.74) is 9.58. The predicted molar refractivity (Wildman–Crippen MR) is 113 cm³/mol. The molecule has 2 amide bonds. The zero-order chi connectivity index (χ0) is 20.5. The number of nitrogens with zero attached hydrogens (tertiary/aromatic N) is 2. The monoisotopic (exact) mass is 389 g/mol. The molecule has 0 saturated carbocycles. The van der Waals surface area contributed by atoms with Crippen LogP contribution in [0.4, 0.5) is 5.82 Å². The van der Waals surface area contributed by atoms with Crippen molar-refractivity contribution in [3.8, 4) is 0 Å². The first-order valence-electron chi connectivity index (χ1n) is 9.50. The number of likely N-dealkylation sites (N-methyl/N-ethyl adjacent to an activating group) is 1. The number of benzene rings is 1. The molecule has 1 aromatic carbocycles. The molecule has 0 spiro atoms. The summed E-state index contributed by atoms with van der Waals surface area (Å²) in [6, 6.07) is 9.28. The van der Waals surface area contributed by atoms with Gasteiger partial charge >= 0.3 is 0 Å². The number of fused-ring (bicyclic) bond motifs is 2. The number of aromatic amines is 1. The van der Waals surface area contributed by atoms with Crippen molar-refractivity contribution < 1.29 is 9.59 Å². The number of amides is 2. The molecule has 2 unspecified atom stereocenters. The van der Waals surface area contributed by atoms with Gasteiger partial charge in [0.05, 0.1) is 12.1 Å². The maximum Gasteiger partial charge on any atom is 0.246 e. The molecule has 2 aromatic heterocycles. The van der Waals surface area contributed by atoms with E-state index < -0.39 is 6.04 Å². The van der Waals surface area contributed by atoms with E-state index in [0.29, 0.717) is 12.2 Å². The number of carbonyl (C=O) groups is 2. The van der Waals surface area contributed by atoms with Crippen LogP contribution in [-0.2, 0) is 16.0 Å². The van der Waals surface area contributed by atoms with Crippen LogP contribution in [0.2, 0.25) is 0 Å². The molecule has 4 N–H and O–H groups in total. The van der Waals surface area contributed by atoms with Gasteiger partial charge in [-0.3, -0.25) is 9.59 Å². The molecule has 3 aromatic rings. The standard InChI is InChI=1S/C22H23N5O2/c1-13(17-12-24-19-6-4-3-5-16(17)19)27(2)20(28)8-7-14-9-15-10-18(23)22(29)26-21(15)25-11-14/h3-9,11-13,18,24H,10,23H2,1-2H3,(H,25,26,29). The van der Waals surface area contributed by atoms with Gasteiger partial charge in [0.25, 0.3) is 0 Å². The molecule has 0 radical (unpaired) electrons. The second-order valence-electron chi connectivity index (χ2n) is 7.32. The first-order chi connectivity index (χ1) is 13.9. The van der Waals surface area contributed by atoms with Crippen LogP contribution in [-0.4, -0.2) is 39.8 Å². The zero-order valence-corrected chi connectivity index (χ0v) is 16.3. The molecule has 1 aliphatic rings. The predicted octanol–water partition coefficient (Wildman–Crippen LogP) is 2.62. The molecule has 0 bridgehead atoms. The fourth-order valence-electron chi connectivity index (χ4n) is 3.55. The maximum atomic E-state index is 12.7. The van der Waals surface area contributed by atoms with Crippen LogP contribution in [0.25, 0.3) is 17.0 Å². The summed E-state index contributed by atoms with van der Waals surface area (Å²) in [5, 5.41) is 3.80. The van der Waals surface area contributed by atoms with Gasteiger partial charge in [0.1, 0.15) is 5.82 Å². The average Bonchev–Trinajstić information content (AvgIpc) is 3.16. The summed E-state index contributed by atoms with van der Waals surface area (Å²) in [5.74, 6) is 0.201. The Balaban J connectivity index is 1.49. The molecule has 0 fully saturated rings. The lowest BCUT2D eigenvalue weighted by molar-refractivity contribution is -0.126. The van der Waals surface area contributed by atoms with Crippen LogP contribution in [0.5, 0.6) is 0 Å². The number of aromatic nitrogens is 2. The number of hydrogen-bond acceptors (Lipinski definition) is 4. The summed E-state index contributed by atoms with van der Waals surface area (Å²) in [4.78, 5) is 33.6. The smallest absolute Gasteiger partial charge is 0.246 e. The molecule has 4 rings (SSSR count). The van der Waals surface area contributed by atoms with Crippen LogP contribution in [0.3, 0.4) is 0 Å². The first-order valence-corrected chi connectivity index (χ1v) is 9.50. The van der Waals surface area contributed by atoms with Crippen LogP contribution in [0.15, 0.2) is 48.8 Å². The van der Waals surface area contributed by atoms with E-state index in [-0.39, 0.29) is 17.9 Å². The first kappa shape index (κ1) is 18.9. The Bertz CT molecular complexity index is 1120. The van der Waals surface area contributed by atoms with Crippen molar-refractivity contribution >= 4 is 34.6 Å². The minimum atomic E-state index is -0.576. The summed E-state index contributed by atoms with van der Waals surface area (Å²) in [6.45, 7) is 2.01. The van der Waals surface area contributed by atoms with Gasteiger partial charge in [0.15, 0.2) is 0 Å². The van der Waals surface area contributed by atoms with E-state index in [0.717, 1.165) is 27.6 Å². The van der Waals surface area contributed by atoms with Crippen molar-refractivity contribution in [3.63, 3.8) is 0 Å². The van der Waals surface area contributed by atoms with Crippen molar-refractivity contribution in [1.82, 2.24) is 14.9 Å². The number of nitrogens with two attached hydrogens (primary N) is 1. The van der Waals surface area contributed by atoms with Gasteiger partial charge in [-0.25, -0.2) is 4.98 Å². The molecule has 0 aliphatic carbocycles. The van der Waals surface area contributed by atoms with E-state index in [1.807, 2.05) is 43.5 Å². The highest BCUT2D eigenvalue weighted by atomic mass is 16.2. The van der Waals surface area contributed by atoms with Crippen molar-refractivity contribution in [1.29, 1.82) is 0 Å². The van der Waals surface area contributed by atoms with E-state index in [4.69, 9.17) is 5.73 Å². The molecular formula is C22H23N5O2. The molecule has 1 aliphatic heterocycles. The second kappa shape index (κ2) is 7.52. The third-order valence-electron chi connectivity index (χ3n) is 5.42. The number of anilines is 1. The highest BCUT2D eigenvalue weighted by molar-refractivity contribution is 5.97. The summed E-state index contributed by atoms with van der Waals surface area (Å²) >= 11 is 0. The highest BCUT2D eigenvalue weighted by Crippen LogP contribution is 2.27. The molecule has 7 nitrogen and oxygen atoms in total. The number of nitrogens with one attached hydrogen (secondary N) is 2. The van der Waals surface area contributed by atoms with Crippen molar-refractivity contribution in [2.45, 2.75) is 25.4 Å². The zero-order valence-electron chi connectivity index (χ0n) is 16.3. The number of pyridine rings is 1. The Hall–Kier alpha value is -3.45. The van der Waals surface area contributed by atoms with Crippen LogP contribution in [0.1, 0.15) is 29.7 Å². The van der Waals surface area contributed by atoms with E-state index >= 15 is 0 Å². The van der Waals surface area contributed by atoms with Crippen molar-refractivity contribution in [2.75, 3.05) is 12.4 Å². The summed E-state index contributed by atoms with van der Waals surface area (Å²) in [6.07, 6.45) is 7.28. The van der Waals surface area contributed by atoms with Crippen LogP contribution < -0.4 is 11.1 Å². The van der Waals surface area contributed by atoms with Gasteiger partial charge in [-0.2, -0.15) is 0 Å². The summed E-state index contributed by atoms with van der Waals surface area (Å²) < 4.78 is 0. The molecule has 29 heavy (non-hydrogen) atoms. The molecule has 7 heteroatoms. The number of carbonyl (C=O) groups excluding carboxylic acids is 2. The van der Waals surface area contributed by atoms with Crippen LogP contribution >= 0.6 is 0 Å². The highest BCUT2D eigenvalue weighted by Gasteiger charge is 2.23. The van der Waals surface area contributed by atoms with Gasteiger partial charge < -0.3 is 20.9 Å². The van der Waals surface area contributed by atoms with Gasteiger partial charge in [-0.15, -0.1) is 0 Å². The van der Waals surface area contributed by atoms with Crippen molar-refractivity contribution in [3.05, 3.63) is 65.5 Å². The lowest BCUT2D eigenvalue weighted by Gasteiger charge is -2.23. The van der Waals surface area contributed by atoms with Crippen molar-refractivity contribution in [2.24, 2.45) is 5.73 Å². The fraction of sp³-hybridized carbons (Fsp3) is 0.227. The van der Waals surface area contributed by atoms with Gasteiger partial charge in [-0.05, 0) is 41.8 Å². The lowest BCUT2D eigenvalue weighted by Crippen LogP contribution is -2.41. The third kappa shape index (κ3) is 3.64. The second-order valence-corrected chi connectivity index (χ2v) is 7.32. The largest absolute Gasteiger partial charge is 0.361 e. The van der Waals surface area contributed by atoms with Gasteiger partial charge in [0.2, 0.25) is 11.8 Å². The van der Waals surface area contributed by atoms with Gasteiger partial charge in [0, 0.05) is 42.8 Å². The van der Waals surface area contributed by atoms with E-state index in [2.05, 4.69) is 15.3 Å². The number of H-pyrrole nitrogens is 1. The lowest BCUT2D eigenvalue weighted by atomic mass is 10.0. The van der Waals surface area contributed by atoms with Gasteiger partial charge in [-0.1, -0.05) is 18.2 Å². The Morgan fingerprint density at radius 3 is 3.00 bits per heavy atom. The minimum Gasteiger partial charge on any atom is -0.361 e. The number of hydrogen-bond donors (Lipinski definition) is 3. The molecule has 2 atom stereocenters. The molecule has 148 valence electrons. The average molecular weight is 389 g/mol. The van der Waals surface area contributed by atoms with E-state index in [1.165, 1.54) is 6.08 Å². The summed E-state index contributed by atoms with van der Waals surface area (Å²) in [7, 11) is 1.79. The number of para-hydroxylation sites is 1. The fourth-order valence-corrected chi connectivity index (χ4v) is 3.55. The van der Waals surface area contributed by atoms with Crippen LogP contribution in [0, 0.1) is 0 Å². The maximum absolute atomic E-state index is 12.7. The minimum absolute atomic E-state index is 0.0850. The van der Waals surface area contributed by atoms with E-state index in [9.17, 15) is 9.59 Å². The SMILES string of the molecule is CC(c1c[nH]c2ccccc12)N(C)C(=O)C=Cc1cnc2c(c1)CC(N)C(=O)N2. The number of rotatable bonds is 4. The Labute approximate surface area is 168 Å². The quantitative estimate of drug-likeness (QED) is 0.597. The molecular weight excluding hydrogens is 366 g/mol.